The van der Waals surface area contributed by atoms with Crippen molar-refractivity contribution in [1.82, 2.24) is 10.3 Å². The monoisotopic (exact) mass is 318 g/mol. The molecule has 1 unspecified atom stereocenters. The number of nitrogens with one attached hydrogen (secondary N) is 2. The van der Waals surface area contributed by atoms with Crippen molar-refractivity contribution in [2.45, 2.75) is 12.5 Å². The molecule has 0 aromatic carbocycles. The van der Waals surface area contributed by atoms with Gasteiger partial charge in [-0.15, -0.1) is 0 Å². The van der Waals surface area contributed by atoms with Crippen LogP contribution in [0.2, 0.25) is 0 Å². The van der Waals surface area contributed by atoms with Crippen LogP contribution in [0.25, 0.3) is 0 Å². The van der Waals surface area contributed by atoms with Crippen LogP contribution in [0, 0.1) is 0 Å². The zero-order valence-corrected chi connectivity index (χ0v) is 13.0. The van der Waals surface area contributed by atoms with Gasteiger partial charge in [0.15, 0.2) is 5.13 Å². The number of hydrogen-bond donors (Lipinski definition) is 4. The molecular weight excluding hydrogens is 296 g/mol. The second-order valence-electron chi connectivity index (χ2n) is 4.31. The molecule has 21 heavy (non-hydrogen) atoms. The van der Waals surface area contributed by atoms with Gasteiger partial charge in [0.1, 0.15) is 10.7 Å². The number of methoxy groups -OCH3 is 2. The summed E-state index contributed by atoms with van der Waals surface area (Å²) in [4.78, 5) is 16.4. The van der Waals surface area contributed by atoms with Gasteiger partial charge in [-0.05, 0) is 6.42 Å². The van der Waals surface area contributed by atoms with Crippen molar-refractivity contribution in [3.05, 3.63) is 4.88 Å². The lowest BCUT2D eigenvalue weighted by Gasteiger charge is -2.09. The number of aromatic nitrogens is 1. The Balaban J connectivity index is 2.43. The molecule has 0 fully saturated rings. The van der Waals surface area contributed by atoms with E-state index in [0.717, 1.165) is 0 Å². The smallest absolute Gasteiger partial charge is 0.265 e. The predicted octanol–water partition coefficient (Wildman–Crippen LogP) is -0.0892. The number of amides is 1. The summed E-state index contributed by atoms with van der Waals surface area (Å²) in [6.45, 7) is 1.71. The SMILES string of the molecule is COCCNc1nc(N)c(C(=O)NCCC(O)COC)s1. The summed E-state index contributed by atoms with van der Waals surface area (Å²) in [7, 11) is 3.12. The number of aliphatic hydroxyl groups is 1. The van der Waals surface area contributed by atoms with Crippen molar-refractivity contribution in [3.8, 4) is 0 Å². The Morgan fingerprint density at radius 1 is 1.43 bits per heavy atom. The number of nitrogen functional groups attached to an aromatic ring is 1. The third-order valence-electron chi connectivity index (χ3n) is 2.56. The number of carbonyl (C=O) groups is 1. The number of aliphatic hydroxyl groups excluding tert-OH is 1. The van der Waals surface area contributed by atoms with Crippen LogP contribution in [0.4, 0.5) is 10.9 Å². The Morgan fingerprint density at radius 2 is 2.19 bits per heavy atom. The number of nitrogens with zero attached hydrogens (tertiary/aromatic N) is 1. The highest BCUT2D eigenvalue weighted by Gasteiger charge is 2.16. The van der Waals surface area contributed by atoms with Crippen LogP contribution in [0.15, 0.2) is 0 Å². The van der Waals surface area contributed by atoms with Gasteiger partial charge < -0.3 is 30.9 Å². The molecule has 0 saturated heterocycles. The topological polar surface area (TPSA) is 119 Å². The number of hydrogen-bond acceptors (Lipinski definition) is 8. The Hall–Kier alpha value is -1.42. The molecule has 9 heteroatoms. The first-order chi connectivity index (χ1) is 10.1. The minimum atomic E-state index is -0.597. The number of thiazole rings is 1. The quantitative estimate of drug-likeness (QED) is 0.445. The lowest BCUT2D eigenvalue weighted by molar-refractivity contribution is 0.0588. The number of rotatable bonds is 10. The molecule has 0 bridgehead atoms. The van der Waals surface area contributed by atoms with Crippen molar-refractivity contribution >= 4 is 28.2 Å². The molecular formula is C12H22N4O4S. The fourth-order valence-corrected chi connectivity index (χ4v) is 2.37. The van der Waals surface area contributed by atoms with Gasteiger partial charge in [0.2, 0.25) is 0 Å². The first-order valence-corrected chi connectivity index (χ1v) is 7.34. The summed E-state index contributed by atoms with van der Waals surface area (Å²) in [6, 6.07) is 0. The van der Waals surface area contributed by atoms with E-state index in [1.807, 2.05) is 0 Å². The lowest BCUT2D eigenvalue weighted by atomic mass is 10.2. The maximum absolute atomic E-state index is 12.0. The summed E-state index contributed by atoms with van der Waals surface area (Å²) in [5, 5.41) is 15.8. The molecule has 1 aromatic rings. The van der Waals surface area contributed by atoms with Gasteiger partial charge in [0.25, 0.3) is 5.91 Å². The molecule has 120 valence electrons. The average molecular weight is 318 g/mol. The highest BCUT2D eigenvalue weighted by molar-refractivity contribution is 7.18. The van der Waals surface area contributed by atoms with E-state index in [0.29, 0.717) is 36.1 Å². The second-order valence-corrected chi connectivity index (χ2v) is 5.31. The van der Waals surface area contributed by atoms with Crippen molar-refractivity contribution in [1.29, 1.82) is 0 Å². The molecule has 0 aliphatic carbocycles. The molecule has 1 rings (SSSR count). The van der Waals surface area contributed by atoms with Gasteiger partial charge in [-0.25, -0.2) is 4.98 Å². The molecule has 1 heterocycles. The third kappa shape index (κ3) is 6.25. The molecule has 5 N–H and O–H groups in total. The van der Waals surface area contributed by atoms with Gasteiger partial charge in [0, 0.05) is 27.3 Å². The van der Waals surface area contributed by atoms with E-state index in [2.05, 4.69) is 15.6 Å². The third-order valence-corrected chi connectivity index (χ3v) is 3.59. The van der Waals surface area contributed by atoms with Gasteiger partial charge in [-0.3, -0.25) is 4.79 Å². The molecule has 0 radical (unpaired) electrons. The molecule has 0 saturated carbocycles. The zero-order valence-electron chi connectivity index (χ0n) is 12.2. The van der Waals surface area contributed by atoms with Crippen LogP contribution in [0.1, 0.15) is 16.1 Å². The van der Waals surface area contributed by atoms with Crippen LogP contribution in [-0.4, -0.2) is 62.6 Å². The number of ether oxygens (including phenoxy) is 2. The van der Waals surface area contributed by atoms with E-state index >= 15 is 0 Å². The van der Waals surface area contributed by atoms with E-state index in [9.17, 15) is 9.90 Å². The maximum atomic E-state index is 12.0. The molecule has 1 amide bonds. The maximum Gasteiger partial charge on any atom is 0.265 e. The Labute approximate surface area is 127 Å². The molecule has 1 aromatic heterocycles. The summed E-state index contributed by atoms with van der Waals surface area (Å²) in [5.41, 5.74) is 5.72. The van der Waals surface area contributed by atoms with E-state index in [1.54, 1.807) is 7.11 Å². The predicted molar refractivity (Wildman–Crippen MR) is 81.7 cm³/mol. The normalized spacial score (nSPS) is 12.1. The van der Waals surface area contributed by atoms with Crippen LogP contribution in [-0.2, 0) is 9.47 Å². The Kier molecular flexibility index (Phi) is 7.98. The van der Waals surface area contributed by atoms with Crippen LogP contribution >= 0.6 is 11.3 Å². The summed E-state index contributed by atoms with van der Waals surface area (Å²) >= 11 is 1.19. The number of nitrogens with two attached hydrogens (primary N) is 1. The van der Waals surface area contributed by atoms with Gasteiger partial charge in [-0.1, -0.05) is 11.3 Å². The van der Waals surface area contributed by atoms with Gasteiger partial charge >= 0.3 is 0 Å². The molecule has 0 spiro atoms. The molecule has 0 aliphatic heterocycles. The minimum absolute atomic E-state index is 0.190. The highest BCUT2D eigenvalue weighted by atomic mass is 32.1. The van der Waals surface area contributed by atoms with Crippen molar-refractivity contribution in [2.75, 3.05) is 51.6 Å². The van der Waals surface area contributed by atoms with E-state index in [1.165, 1.54) is 18.4 Å². The fourth-order valence-electron chi connectivity index (χ4n) is 1.54. The van der Waals surface area contributed by atoms with E-state index < -0.39 is 6.10 Å². The summed E-state index contributed by atoms with van der Waals surface area (Å²) in [6.07, 6.45) is -0.183. The van der Waals surface area contributed by atoms with Crippen molar-refractivity contribution < 1.29 is 19.4 Å². The molecule has 0 aliphatic rings. The van der Waals surface area contributed by atoms with Crippen LogP contribution < -0.4 is 16.4 Å². The number of anilines is 2. The Bertz CT molecular complexity index is 441. The summed E-state index contributed by atoms with van der Waals surface area (Å²) < 4.78 is 9.72. The fraction of sp³-hybridized carbons (Fsp3) is 0.667. The highest BCUT2D eigenvalue weighted by Crippen LogP contribution is 2.24. The first-order valence-electron chi connectivity index (χ1n) is 6.52. The largest absolute Gasteiger partial charge is 0.391 e. The zero-order chi connectivity index (χ0) is 15.7. The lowest BCUT2D eigenvalue weighted by Crippen LogP contribution is -2.28. The standard InChI is InChI=1S/C12H22N4O4S/c1-19-6-5-15-12-16-10(13)9(21-12)11(18)14-4-3-8(17)7-20-2/h8,17H,3-7,13H2,1-2H3,(H,14,18)(H,15,16). The van der Waals surface area contributed by atoms with Gasteiger partial charge in [-0.2, -0.15) is 0 Å². The van der Waals surface area contributed by atoms with Crippen molar-refractivity contribution in [3.63, 3.8) is 0 Å². The minimum Gasteiger partial charge on any atom is -0.391 e. The molecule has 8 nitrogen and oxygen atoms in total. The van der Waals surface area contributed by atoms with Crippen LogP contribution in [0.3, 0.4) is 0 Å². The van der Waals surface area contributed by atoms with Crippen LogP contribution in [0.5, 0.6) is 0 Å². The number of carbonyl (C=O) groups excluding carboxylic acids is 1. The van der Waals surface area contributed by atoms with Crippen molar-refractivity contribution in [2.24, 2.45) is 0 Å². The Morgan fingerprint density at radius 3 is 2.86 bits per heavy atom. The van der Waals surface area contributed by atoms with Gasteiger partial charge in [0.05, 0.1) is 19.3 Å². The second kappa shape index (κ2) is 9.50. The average Bonchev–Trinajstić information content (AvgIpc) is 2.80. The first kappa shape index (κ1) is 17.6. The summed E-state index contributed by atoms with van der Waals surface area (Å²) in [5.74, 6) is -0.107. The van der Waals surface area contributed by atoms with E-state index in [-0.39, 0.29) is 18.3 Å². The molecule has 1 atom stereocenters. The van der Waals surface area contributed by atoms with E-state index in [4.69, 9.17) is 15.2 Å².